The van der Waals surface area contributed by atoms with Crippen LogP contribution in [0.25, 0.3) is 5.69 Å². The first kappa shape index (κ1) is 16.5. The smallest absolute Gasteiger partial charge is 0.326 e. The number of para-hydroxylation sites is 1. The Balaban J connectivity index is 1.54. The molecule has 24 heavy (non-hydrogen) atoms. The molecule has 0 aliphatic carbocycles. The Morgan fingerprint density at radius 1 is 1.21 bits per heavy atom. The number of carbonyl (C=O) groups excluding carboxylic acids is 1. The lowest BCUT2D eigenvalue weighted by molar-refractivity contribution is -0.697. The highest BCUT2D eigenvalue weighted by molar-refractivity contribution is 7.99. The third-order valence-electron chi connectivity index (χ3n) is 3.15. The number of tetrazole rings is 1. The van der Waals surface area contributed by atoms with Crippen molar-refractivity contribution >= 4 is 35.0 Å². The Kier molecular flexibility index (Phi) is 5.45. The summed E-state index contributed by atoms with van der Waals surface area (Å²) in [5, 5.41) is 14.8. The van der Waals surface area contributed by atoms with E-state index in [4.69, 9.17) is 11.6 Å². The third-order valence-corrected chi connectivity index (χ3v) is 4.32. The van der Waals surface area contributed by atoms with Crippen LogP contribution in [0.3, 0.4) is 0 Å². The van der Waals surface area contributed by atoms with Gasteiger partial charge in [0.05, 0.1) is 0 Å². The molecular formula is C16H15ClN5OS+. The van der Waals surface area contributed by atoms with E-state index in [1.165, 1.54) is 11.8 Å². The number of thioether (sulfide) groups is 1. The third kappa shape index (κ3) is 4.33. The summed E-state index contributed by atoms with van der Waals surface area (Å²) in [6.07, 6.45) is 0.360. The number of anilines is 1. The minimum atomic E-state index is -0.0699. The summed E-state index contributed by atoms with van der Waals surface area (Å²) in [6, 6.07) is 16.8. The summed E-state index contributed by atoms with van der Waals surface area (Å²) in [5.74, 6) is 0.519. The average molecular weight is 361 g/mol. The van der Waals surface area contributed by atoms with Crippen molar-refractivity contribution in [3.8, 4) is 5.69 Å². The van der Waals surface area contributed by atoms with Crippen molar-refractivity contribution in [2.24, 2.45) is 0 Å². The van der Waals surface area contributed by atoms with Crippen LogP contribution in [0.15, 0.2) is 59.8 Å². The van der Waals surface area contributed by atoms with E-state index >= 15 is 0 Å². The number of halogens is 1. The van der Waals surface area contributed by atoms with Crippen LogP contribution in [-0.4, -0.2) is 27.2 Å². The van der Waals surface area contributed by atoms with Gasteiger partial charge < -0.3 is 5.32 Å². The number of aromatic amines is 1. The second kappa shape index (κ2) is 7.94. The van der Waals surface area contributed by atoms with Crippen molar-refractivity contribution in [3.05, 3.63) is 59.6 Å². The fraction of sp³-hybridized carbons (Fsp3) is 0.125. The summed E-state index contributed by atoms with van der Waals surface area (Å²) in [7, 11) is 0. The Bertz CT molecular complexity index is 824. The fourth-order valence-electron chi connectivity index (χ4n) is 2.06. The number of nitrogens with one attached hydrogen (secondary N) is 2. The molecule has 0 aliphatic heterocycles. The van der Waals surface area contributed by atoms with E-state index in [-0.39, 0.29) is 5.91 Å². The van der Waals surface area contributed by atoms with Gasteiger partial charge in [-0.05, 0) is 42.1 Å². The lowest BCUT2D eigenvalue weighted by atomic mass is 10.3. The molecule has 0 saturated heterocycles. The second-order valence-electron chi connectivity index (χ2n) is 4.91. The molecule has 3 rings (SSSR count). The predicted octanol–water partition coefficient (Wildman–Crippen LogP) is 2.86. The number of aromatic nitrogens is 4. The monoisotopic (exact) mass is 360 g/mol. The zero-order valence-electron chi connectivity index (χ0n) is 12.6. The standard InChI is InChI=1S/C16H14ClN5OS/c17-12-5-4-6-13(11-12)18-15(23)9-10-24-16-19-20-21-22(16)14-7-2-1-3-8-14/h1-8,11H,9-10H2,(H,18,23)/p+1. The molecule has 0 spiro atoms. The topological polar surface area (TPSA) is 74.5 Å². The highest BCUT2D eigenvalue weighted by Crippen LogP contribution is 2.16. The van der Waals surface area contributed by atoms with Gasteiger partial charge >= 0.3 is 5.16 Å². The molecule has 2 aromatic carbocycles. The van der Waals surface area contributed by atoms with Crippen molar-refractivity contribution in [2.75, 3.05) is 11.1 Å². The van der Waals surface area contributed by atoms with Crippen molar-refractivity contribution in [3.63, 3.8) is 0 Å². The minimum absolute atomic E-state index is 0.0699. The van der Waals surface area contributed by atoms with Gasteiger partial charge in [-0.25, -0.2) is 0 Å². The van der Waals surface area contributed by atoms with Gasteiger partial charge in [-0.15, -0.1) is 4.68 Å². The Morgan fingerprint density at radius 3 is 2.83 bits per heavy atom. The average Bonchev–Trinajstić information content (AvgIpc) is 3.04. The Morgan fingerprint density at radius 2 is 2.04 bits per heavy atom. The molecule has 6 nitrogen and oxygen atoms in total. The highest BCUT2D eigenvalue weighted by atomic mass is 35.5. The first-order chi connectivity index (χ1) is 11.7. The molecule has 0 unspecified atom stereocenters. The molecule has 0 bridgehead atoms. The Labute approximate surface area is 148 Å². The zero-order chi connectivity index (χ0) is 16.8. The van der Waals surface area contributed by atoms with Gasteiger partial charge in [0, 0.05) is 22.9 Å². The molecule has 0 fully saturated rings. The first-order valence-electron chi connectivity index (χ1n) is 7.29. The van der Waals surface area contributed by atoms with Crippen molar-refractivity contribution in [1.29, 1.82) is 0 Å². The highest BCUT2D eigenvalue weighted by Gasteiger charge is 2.17. The van der Waals surface area contributed by atoms with Crippen LogP contribution in [0.5, 0.6) is 0 Å². The van der Waals surface area contributed by atoms with Crippen LogP contribution in [0, 0.1) is 0 Å². The van der Waals surface area contributed by atoms with Crippen LogP contribution < -0.4 is 10.00 Å². The largest absolute Gasteiger partial charge is 0.365 e. The number of H-pyrrole nitrogens is 1. The summed E-state index contributed by atoms with van der Waals surface area (Å²) < 4.78 is 1.78. The number of hydrogen-bond donors (Lipinski definition) is 2. The number of hydrogen-bond acceptors (Lipinski definition) is 4. The molecule has 1 aromatic heterocycles. The van der Waals surface area contributed by atoms with Gasteiger partial charge in [-0.2, -0.15) is 0 Å². The Hall–Kier alpha value is -2.38. The maximum Gasteiger partial charge on any atom is 0.365 e. The molecule has 8 heteroatoms. The number of nitrogens with zero attached hydrogens (tertiary/aromatic N) is 3. The van der Waals surface area contributed by atoms with E-state index in [9.17, 15) is 4.79 Å². The molecule has 1 amide bonds. The minimum Gasteiger partial charge on any atom is -0.326 e. The number of carbonyl (C=O) groups is 1. The second-order valence-corrected chi connectivity index (χ2v) is 6.41. The van der Waals surface area contributed by atoms with Crippen LogP contribution in [0.2, 0.25) is 5.02 Å². The van der Waals surface area contributed by atoms with Crippen LogP contribution in [0.4, 0.5) is 5.69 Å². The summed E-state index contributed by atoms with van der Waals surface area (Å²) in [6.45, 7) is 0. The number of benzene rings is 2. The summed E-state index contributed by atoms with van der Waals surface area (Å²) >= 11 is 7.36. The molecule has 2 N–H and O–H groups in total. The molecule has 1 heterocycles. The van der Waals surface area contributed by atoms with E-state index in [1.54, 1.807) is 28.9 Å². The van der Waals surface area contributed by atoms with E-state index in [2.05, 4.69) is 20.8 Å². The normalized spacial score (nSPS) is 10.5. The predicted molar refractivity (Wildman–Crippen MR) is 93.3 cm³/mol. The maximum atomic E-state index is 12.0. The van der Waals surface area contributed by atoms with Crippen molar-refractivity contribution in [1.82, 2.24) is 15.5 Å². The van der Waals surface area contributed by atoms with Gasteiger partial charge in [0.1, 0.15) is 10.8 Å². The van der Waals surface area contributed by atoms with E-state index < -0.39 is 0 Å². The van der Waals surface area contributed by atoms with Crippen LogP contribution in [0.1, 0.15) is 6.42 Å². The zero-order valence-corrected chi connectivity index (χ0v) is 14.2. The summed E-state index contributed by atoms with van der Waals surface area (Å²) in [5.41, 5.74) is 1.63. The van der Waals surface area contributed by atoms with Crippen molar-refractivity contribution < 1.29 is 9.48 Å². The fourth-order valence-corrected chi connectivity index (χ4v) is 3.09. The van der Waals surface area contributed by atoms with Gasteiger partial charge in [0.2, 0.25) is 5.91 Å². The van der Waals surface area contributed by atoms with Crippen LogP contribution >= 0.6 is 23.4 Å². The molecule has 0 radical (unpaired) electrons. The van der Waals surface area contributed by atoms with Gasteiger partial charge in [-0.3, -0.25) is 4.79 Å². The molecule has 3 aromatic rings. The molecule has 0 atom stereocenters. The van der Waals surface area contributed by atoms with Gasteiger partial charge in [0.15, 0.2) is 5.21 Å². The van der Waals surface area contributed by atoms with Crippen LogP contribution in [-0.2, 0) is 4.79 Å². The van der Waals surface area contributed by atoms with Gasteiger partial charge in [-0.1, -0.05) is 41.1 Å². The molecule has 0 saturated carbocycles. The quantitative estimate of drug-likeness (QED) is 0.523. The number of amides is 1. The maximum absolute atomic E-state index is 12.0. The SMILES string of the molecule is O=C(CCSc1nn[nH][n+]1-c1ccccc1)Nc1cccc(Cl)c1. The van der Waals surface area contributed by atoms with E-state index in [0.717, 1.165) is 5.69 Å². The first-order valence-corrected chi connectivity index (χ1v) is 8.65. The number of rotatable bonds is 6. The van der Waals surface area contributed by atoms with E-state index in [0.29, 0.717) is 28.0 Å². The van der Waals surface area contributed by atoms with E-state index in [1.807, 2.05) is 30.3 Å². The molecule has 122 valence electrons. The molecular weight excluding hydrogens is 346 g/mol. The van der Waals surface area contributed by atoms with Crippen molar-refractivity contribution in [2.45, 2.75) is 11.6 Å². The lowest BCUT2D eigenvalue weighted by Crippen LogP contribution is -2.35. The van der Waals surface area contributed by atoms with Gasteiger partial charge in [0.25, 0.3) is 0 Å². The molecule has 0 aliphatic rings. The lowest BCUT2D eigenvalue weighted by Gasteiger charge is -2.04. The summed E-state index contributed by atoms with van der Waals surface area (Å²) in [4.78, 5) is 12.0.